The van der Waals surface area contributed by atoms with Crippen LogP contribution in [-0.4, -0.2) is 21.0 Å². The van der Waals surface area contributed by atoms with Gasteiger partial charge in [-0.3, -0.25) is 0 Å². The van der Waals surface area contributed by atoms with Crippen molar-refractivity contribution in [3.8, 4) is 11.8 Å². The van der Waals surface area contributed by atoms with Gasteiger partial charge in [-0.05, 0) is 38.0 Å². The maximum absolute atomic E-state index is 12.3. The Bertz CT molecular complexity index is 598. The molecule has 0 amide bonds. The minimum Gasteiger partial charge on any atom is -0.320 e. The van der Waals surface area contributed by atoms with Gasteiger partial charge in [0.15, 0.2) is 0 Å². The zero-order valence-electron chi connectivity index (χ0n) is 11.5. The monoisotopic (exact) mass is 280 g/mol. The fourth-order valence-electron chi connectivity index (χ4n) is 1.53. The average Bonchev–Trinajstić information content (AvgIpc) is 2.37. The number of benzene rings is 1. The first-order valence-electron chi connectivity index (χ1n) is 6.22. The summed E-state index contributed by atoms with van der Waals surface area (Å²) in [7, 11) is -3.50. The summed E-state index contributed by atoms with van der Waals surface area (Å²) in [5.74, 6) is 5.56. The van der Waals surface area contributed by atoms with Crippen LogP contribution in [0.1, 0.15) is 31.4 Å². The minimum atomic E-state index is -3.50. The van der Waals surface area contributed by atoms with Crippen molar-refractivity contribution in [1.29, 1.82) is 0 Å². The molecule has 5 heteroatoms. The lowest BCUT2D eigenvalue weighted by molar-refractivity contribution is 0.555. The molecule has 0 fully saturated rings. The molecule has 104 valence electrons. The lowest BCUT2D eigenvalue weighted by Crippen LogP contribution is -2.32. The standard InChI is InChI=1S/C14H20N2O2S/c1-4-12(3)16-19(17,18)14-10-13(6-5-9-15)8-7-11(14)2/h7-8,10,12,16H,4,9,15H2,1-3H3. The molecule has 0 saturated heterocycles. The van der Waals surface area contributed by atoms with Gasteiger partial charge < -0.3 is 5.73 Å². The fourth-order valence-corrected chi connectivity index (χ4v) is 3.13. The Morgan fingerprint density at radius 3 is 2.68 bits per heavy atom. The third kappa shape index (κ3) is 4.35. The molecule has 1 unspecified atom stereocenters. The minimum absolute atomic E-state index is 0.0943. The van der Waals surface area contributed by atoms with E-state index in [1.165, 1.54) is 0 Å². The molecule has 0 aliphatic rings. The zero-order valence-corrected chi connectivity index (χ0v) is 12.3. The number of nitrogens with one attached hydrogen (secondary N) is 1. The van der Waals surface area contributed by atoms with Crippen LogP contribution in [0.4, 0.5) is 0 Å². The first kappa shape index (κ1) is 15.7. The van der Waals surface area contributed by atoms with Crippen LogP contribution in [0.25, 0.3) is 0 Å². The predicted octanol–water partition coefficient (Wildman–Crippen LogP) is 1.38. The van der Waals surface area contributed by atoms with Crippen molar-refractivity contribution < 1.29 is 8.42 Å². The van der Waals surface area contributed by atoms with E-state index >= 15 is 0 Å². The molecule has 0 heterocycles. The third-order valence-electron chi connectivity index (χ3n) is 2.78. The highest BCUT2D eigenvalue weighted by molar-refractivity contribution is 7.89. The third-order valence-corrected chi connectivity index (χ3v) is 4.51. The molecule has 0 aliphatic carbocycles. The molecule has 0 radical (unpaired) electrons. The van der Waals surface area contributed by atoms with Crippen molar-refractivity contribution in [1.82, 2.24) is 4.72 Å². The van der Waals surface area contributed by atoms with Gasteiger partial charge in [0.1, 0.15) is 0 Å². The summed E-state index contributed by atoms with van der Waals surface area (Å²) in [5.41, 5.74) is 6.67. The second-order valence-corrected chi connectivity index (χ2v) is 6.10. The molecule has 1 rings (SSSR count). The number of rotatable bonds is 4. The van der Waals surface area contributed by atoms with Gasteiger partial charge in [-0.15, -0.1) is 0 Å². The predicted molar refractivity (Wildman–Crippen MR) is 77.2 cm³/mol. The van der Waals surface area contributed by atoms with E-state index in [1.807, 2.05) is 13.8 Å². The number of aryl methyl sites for hydroxylation is 1. The largest absolute Gasteiger partial charge is 0.320 e. The van der Waals surface area contributed by atoms with Crippen molar-refractivity contribution in [2.45, 2.75) is 38.1 Å². The maximum atomic E-state index is 12.3. The van der Waals surface area contributed by atoms with Gasteiger partial charge in [-0.1, -0.05) is 24.8 Å². The van der Waals surface area contributed by atoms with Gasteiger partial charge in [0, 0.05) is 11.6 Å². The molecule has 1 atom stereocenters. The number of hydrogen-bond donors (Lipinski definition) is 2. The summed E-state index contributed by atoms with van der Waals surface area (Å²) in [6.45, 7) is 5.79. The van der Waals surface area contributed by atoms with Crippen molar-refractivity contribution >= 4 is 10.0 Å². The highest BCUT2D eigenvalue weighted by Gasteiger charge is 2.18. The van der Waals surface area contributed by atoms with E-state index < -0.39 is 10.0 Å². The summed E-state index contributed by atoms with van der Waals surface area (Å²) >= 11 is 0. The van der Waals surface area contributed by atoms with Crippen molar-refractivity contribution in [3.63, 3.8) is 0 Å². The van der Waals surface area contributed by atoms with E-state index in [9.17, 15) is 8.42 Å². The molecule has 3 N–H and O–H groups in total. The van der Waals surface area contributed by atoms with Gasteiger partial charge in [0.25, 0.3) is 0 Å². The first-order chi connectivity index (χ1) is 8.90. The van der Waals surface area contributed by atoms with E-state index in [-0.39, 0.29) is 17.5 Å². The van der Waals surface area contributed by atoms with Crippen molar-refractivity contribution in [2.75, 3.05) is 6.54 Å². The zero-order chi connectivity index (χ0) is 14.5. The van der Waals surface area contributed by atoms with Gasteiger partial charge in [0.05, 0.1) is 11.4 Å². The lowest BCUT2D eigenvalue weighted by Gasteiger charge is -2.14. The van der Waals surface area contributed by atoms with Crippen molar-refractivity contribution in [3.05, 3.63) is 29.3 Å². The SMILES string of the molecule is CCC(C)NS(=O)(=O)c1cc(C#CCN)ccc1C. The van der Waals surface area contributed by atoms with Gasteiger partial charge in [-0.2, -0.15) is 0 Å². The molecule has 1 aromatic rings. The smallest absolute Gasteiger partial charge is 0.241 e. The van der Waals surface area contributed by atoms with E-state index in [0.29, 0.717) is 11.1 Å². The lowest BCUT2D eigenvalue weighted by atomic mass is 10.1. The molecule has 0 aromatic heterocycles. The molecule has 1 aromatic carbocycles. The first-order valence-corrected chi connectivity index (χ1v) is 7.71. The Hall–Kier alpha value is -1.35. The quantitative estimate of drug-likeness (QED) is 0.819. The van der Waals surface area contributed by atoms with Crippen LogP contribution in [0, 0.1) is 18.8 Å². The Kier molecular flexibility index (Phi) is 5.55. The molecule has 0 bridgehead atoms. The molecular weight excluding hydrogens is 260 g/mol. The fraction of sp³-hybridized carbons (Fsp3) is 0.429. The van der Waals surface area contributed by atoms with Crippen LogP contribution in [0.3, 0.4) is 0 Å². The molecular formula is C14H20N2O2S. The van der Waals surface area contributed by atoms with Crippen LogP contribution in [0.5, 0.6) is 0 Å². The maximum Gasteiger partial charge on any atom is 0.241 e. The summed E-state index contributed by atoms with van der Waals surface area (Å²) in [5, 5.41) is 0. The second kappa shape index (κ2) is 6.71. The normalized spacial score (nSPS) is 12.6. The average molecular weight is 280 g/mol. The van der Waals surface area contributed by atoms with Gasteiger partial charge in [-0.25, -0.2) is 13.1 Å². The van der Waals surface area contributed by atoms with Crippen molar-refractivity contribution in [2.24, 2.45) is 5.73 Å². The van der Waals surface area contributed by atoms with Gasteiger partial charge in [0.2, 0.25) is 10.0 Å². The van der Waals surface area contributed by atoms with Crippen LogP contribution in [0.15, 0.2) is 23.1 Å². The number of hydrogen-bond acceptors (Lipinski definition) is 3. The van der Waals surface area contributed by atoms with Crippen LogP contribution in [-0.2, 0) is 10.0 Å². The Morgan fingerprint density at radius 1 is 1.42 bits per heavy atom. The molecule has 4 nitrogen and oxygen atoms in total. The van der Waals surface area contributed by atoms with E-state index in [0.717, 1.165) is 6.42 Å². The highest BCUT2D eigenvalue weighted by Crippen LogP contribution is 2.17. The Balaban J connectivity index is 3.18. The van der Waals surface area contributed by atoms with Crippen LogP contribution >= 0.6 is 0 Å². The summed E-state index contributed by atoms with van der Waals surface area (Å²) in [4.78, 5) is 0.275. The molecule has 0 saturated carbocycles. The summed E-state index contributed by atoms with van der Waals surface area (Å²) in [6, 6.07) is 5.04. The number of sulfonamides is 1. The topological polar surface area (TPSA) is 72.2 Å². The Labute approximate surface area is 115 Å². The number of nitrogens with two attached hydrogens (primary N) is 1. The van der Waals surface area contributed by atoms with Crippen LogP contribution in [0.2, 0.25) is 0 Å². The highest BCUT2D eigenvalue weighted by atomic mass is 32.2. The summed E-state index contributed by atoms with van der Waals surface area (Å²) < 4.78 is 27.2. The van der Waals surface area contributed by atoms with Crippen LogP contribution < -0.4 is 10.5 Å². The molecule has 0 spiro atoms. The Morgan fingerprint density at radius 2 is 2.11 bits per heavy atom. The second-order valence-electron chi connectivity index (χ2n) is 4.42. The van der Waals surface area contributed by atoms with Gasteiger partial charge >= 0.3 is 0 Å². The summed E-state index contributed by atoms with van der Waals surface area (Å²) in [6.07, 6.45) is 0.741. The van der Waals surface area contributed by atoms with E-state index in [2.05, 4.69) is 16.6 Å². The molecule has 0 aliphatic heterocycles. The van der Waals surface area contributed by atoms with E-state index in [1.54, 1.807) is 25.1 Å². The van der Waals surface area contributed by atoms with E-state index in [4.69, 9.17) is 5.73 Å². The molecule has 19 heavy (non-hydrogen) atoms.